The van der Waals surface area contributed by atoms with Gasteiger partial charge in [0.15, 0.2) is 0 Å². The number of esters is 2. The fraction of sp³-hybridized carbons (Fsp3) is 0.306. The van der Waals surface area contributed by atoms with Crippen molar-refractivity contribution in [1.82, 2.24) is 5.32 Å². The van der Waals surface area contributed by atoms with Gasteiger partial charge < -0.3 is 24.8 Å². The maximum absolute atomic E-state index is 13.0. The maximum atomic E-state index is 13.0. The van der Waals surface area contributed by atoms with Crippen molar-refractivity contribution in [3.63, 3.8) is 0 Å². The summed E-state index contributed by atoms with van der Waals surface area (Å²) in [6.45, 7) is 5.16. The highest BCUT2D eigenvalue weighted by Gasteiger charge is 2.27. The quantitative estimate of drug-likeness (QED) is 0.111. The van der Waals surface area contributed by atoms with Crippen LogP contribution in [0.25, 0.3) is 0 Å². The van der Waals surface area contributed by atoms with Gasteiger partial charge >= 0.3 is 18.0 Å². The van der Waals surface area contributed by atoms with E-state index in [1.54, 1.807) is 69.3 Å². The normalized spacial score (nSPS) is 11.5. The molecule has 3 aromatic carbocycles. The number of rotatable bonds is 13. The molecule has 0 aliphatic heterocycles. The first-order valence-corrected chi connectivity index (χ1v) is 15.3. The molecule has 1 amide bonds. The van der Waals surface area contributed by atoms with Crippen LogP contribution in [0.3, 0.4) is 0 Å². The number of terminal acetylenes is 2. The molecule has 0 saturated carbocycles. The third kappa shape index (κ3) is 11.7. The monoisotopic (exact) mass is 662 g/mol. The van der Waals surface area contributed by atoms with Crippen LogP contribution in [0.1, 0.15) is 44.7 Å². The van der Waals surface area contributed by atoms with Gasteiger partial charge in [-0.2, -0.15) is 0 Å². The molecule has 8 nitrogen and oxygen atoms in total. The third-order valence-electron chi connectivity index (χ3n) is 6.42. The molecule has 46 heavy (non-hydrogen) atoms. The van der Waals surface area contributed by atoms with Crippen LogP contribution in [0.2, 0.25) is 10.0 Å². The Hall–Kier alpha value is -4.63. The molecule has 3 aromatic rings. The van der Waals surface area contributed by atoms with E-state index in [1.165, 1.54) is 0 Å². The molecule has 0 saturated heterocycles. The van der Waals surface area contributed by atoms with Gasteiger partial charge in [-0.1, -0.05) is 59.6 Å². The number of alkyl carbamates (subject to hydrolysis) is 1. The fourth-order valence-corrected chi connectivity index (χ4v) is 4.76. The summed E-state index contributed by atoms with van der Waals surface area (Å²) < 4.78 is 16.4. The van der Waals surface area contributed by atoms with Gasteiger partial charge in [0.2, 0.25) is 0 Å². The van der Waals surface area contributed by atoms with E-state index in [0.29, 0.717) is 51.1 Å². The molecule has 0 spiro atoms. The van der Waals surface area contributed by atoms with E-state index in [1.807, 2.05) is 18.2 Å². The molecular weight excluding hydrogens is 627 g/mol. The maximum Gasteiger partial charge on any atom is 0.408 e. The lowest BCUT2D eigenvalue weighted by Crippen LogP contribution is -2.45. The Bertz CT molecular complexity index is 1570. The Balaban J connectivity index is 1.67. The highest BCUT2D eigenvalue weighted by molar-refractivity contribution is 6.39. The average molecular weight is 664 g/mol. The molecule has 0 bridgehead atoms. The number of anilines is 2. The SMILES string of the molecule is C#CCC(CC#C)COC(=O)C(Cc1ccc(OC(=O)Cc2ccccc2Nc2c(Cl)cccc2Cl)cc1)NC(=O)OC(C)(C)C. The standard InChI is InChI=1S/C36H36Cl2N2O6/c1-6-11-25(12-7-2)23-44-34(42)31(40-35(43)46-36(3,4)5)21-24-17-19-27(20-18-24)45-32(41)22-26-13-8-9-16-30(26)39-33-28(37)14-10-15-29(33)38/h1-2,8-10,13-20,25,31,39H,11-12,21-23H2,3-5H3,(H,40,43). The van der Waals surface area contributed by atoms with E-state index in [-0.39, 0.29) is 25.4 Å². The lowest BCUT2D eigenvalue weighted by molar-refractivity contribution is -0.147. The third-order valence-corrected chi connectivity index (χ3v) is 7.05. The first-order valence-electron chi connectivity index (χ1n) is 14.5. The van der Waals surface area contributed by atoms with Crippen LogP contribution in [-0.4, -0.2) is 36.3 Å². The molecular formula is C36H36Cl2N2O6. The number of hydrogen-bond donors (Lipinski definition) is 2. The first-order chi connectivity index (χ1) is 21.9. The second-order valence-electron chi connectivity index (χ2n) is 11.4. The molecule has 1 atom stereocenters. The summed E-state index contributed by atoms with van der Waals surface area (Å²) in [5, 5.41) is 6.68. The van der Waals surface area contributed by atoms with Gasteiger partial charge in [-0.15, -0.1) is 24.7 Å². The molecule has 3 rings (SSSR count). The minimum Gasteiger partial charge on any atom is -0.464 e. The second-order valence-corrected chi connectivity index (χ2v) is 12.2. The van der Waals surface area contributed by atoms with Crippen molar-refractivity contribution in [3.05, 3.63) is 87.9 Å². The largest absolute Gasteiger partial charge is 0.464 e. The van der Waals surface area contributed by atoms with Gasteiger partial charge in [0.05, 0.1) is 28.8 Å². The predicted octanol–water partition coefficient (Wildman–Crippen LogP) is 7.53. The van der Waals surface area contributed by atoms with Crippen molar-refractivity contribution in [2.24, 2.45) is 5.92 Å². The van der Waals surface area contributed by atoms with E-state index < -0.39 is 29.7 Å². The molecule has 10 heteroatoms. The molecule has 0 aliphatic rings. The number of nitrogens with one attached hydrogen (secondary N) is 2. The molecule has 0 heterocycles. The topological polar surface area (TPSA) is 103 Å². The van der Waals surface area contributed by atoms with Gasteiger partial charge in [0.25, 0.3) is 0 Å². The molecule has 2 N–H and O–H groups in total. The number of carbonyl (C=O) groups excluding carboxylic acids is 3. The summed E-state index contributed by atoms with van der Waals surface area (Å²) in [5.74, 6) is 4.00. The Morgan fingerprint density at radius 2 is 1.52 bits per heavy atom. The Kier molecular flexibility index (Phi) is 13.4. The highest BCUT2D eigenvalue weighted by atomic mass is 35.5. The summed E-state index contributed by atoms with van der Waals surface area (Å²) in [5.41, 5.74) is 1.78. The number of carbonyl (C=O) groups is 3. The number of hydrogen-bond acceptors (Lipinski definition) is 7. The van der Waals surface area contributed by atoms with Gasteiger partial charge in [0.1, 0.15) is 17.4 Å². The molecule has 240 valence electrons. The lowest BCUT2D eigenvalue weighted by Gasteiger charge is -2.23. The Morgan fingerprint density at radius 1 is 0.891 bits per heavy atom. The van der Waals surface area contributed by atoms with Crippen LogP contribution in [0.15, 0.2) is 66.7 Å². The van der Waals surface area contributed by atoms with Gasteiger partial charge in [0, 0.05) is 30.9 Å². The second kappa shape index (κ2) is 17.2. The van der Waals surface area contributed by atoms with Crippen molar-refractivity contribution in [2.75, 3.05) is 11.9 Å². The summed E-state index contributed by atoms with van der Waals surface area (Å²) >= 11 is 12.6. The van der Waals surface area contributed by atoms with Crippen molar-refractivity contribution >= 4 is 52.6 Å². The zero-order valence-corrected chi connectivity index (χ0v) is 27.4. The summed E-state index contributed by atoms with van der Waals surface area (Å²) in [6.07, 6.45) is 10.8. The van der Waals surface area contributed by atoms with Gasteiger partial charge in [-0.3, -0.25) is 4.79 Å². The number of amides is 1. The Labute approximate surface area is 280 Å². The first kappa shape index (κ1) is 35.8. The molecule has 0 fully saturated rings. The van der Waals surface area contributed by atoms with Gasteiger partial charge in [-0.25, -0.2) is 9.59 Å². The highest BCUT2D eigenvalue weighted by Crippen LogP contribution is 2.33. The summed E-state index contributed by atoms with van der Waals surface area (Å²) in [7, 11) is 0. The van der Waals surface area contributed by atoms with Crippen molar-refractivity contribution in [3.8, 4) is 30.4 Å². The lowest BCUT2D eigenvalue weighted by atomic mass is 10.0. The zero-order chi connectivity index (χ0) is 33.7. The van der Waals surface area contributed by atoms with Gasteiger partial charge in [-0.05, 0) is 62.2 Å². The van der Waals surface area contributed by atoms with E-state index in [0.717, 1.165) is 0 Å². The predicted molar refractivity (Wildman–Crippen MR) is 180 cm³/mol. The molecule has 0 radical (unpaired) electrons. The van der Waals surface area contributed by atoms with E-state index in [2.05, 4.69) is 22.5 Å². The van der Waals surface area contributed by atoms with Crippen molar-refractivity contribution < 1.29 is 28.6 Å². The van der Waals surface area contributed by atoms with E-state index in [9.17, 15) is 14.4 Å². The van der Waals surface area contributed by atoms with Crippen LogP contribution in [0, 0.1) is 30.6 Å². The number of para-hydroxylation sites is 2. The molecule has 0 aliphatic carbocycles. The van der Waals surface area contributed by atoms with Crippen LogP contribution >= 0.6 is 23.2 Å². The minimum atomic E-state index is -1.06. The Morgan fingerprint density at radius 3 is 2.13 bits per heavy atom. The average Bonchev–Trinajstić information content (AvgIpc) is 2.98. The van der Waals surface area contributed by atoms with Crippen LogP contribution in [-0.2, 0) is 31.9 Å². The van der Waals surface area contributed by atoms with E-state index >= 15 is 0 Å². The zero-order valence-electron chi connectivity index (χ0n) is 25.9. The van der Waals surface area contributed by atoms with E-state index in [4.69, 9.17) is 50.3 Å². The van der Waals surface area contributed by atoms with Crippen LogP contribution < -0.4 is 15.4 Å². The fourth-order valence-electron chi connectivity index (χ4n) is 4.27. The number of halogens is 2. The summed E-state index contributed by atoms with van der Waals surface area (Å²) in [6, 6.07) is 18.0. The van der Waals surface area contributed by atoms with Crippen molar-refractivity contribution in [2.45, 2.75) is 58.1 Å². The smallest absolute Gasteiger partial charge is 0.408 e. The molecule has 1 unspecified atom stereocenters. The number of benzene rings is 3. The number of ether oxygens (including phenoxy) is 3. The minimum absolute atomic E-state index is 0.0126. The summed E-state index contributed by atoms with van der Waals surface area (Å²) in [4.78, 5) is 38.4. The molecule has 0 aromatic heterocycles. The van der Waals surface area contributed by atoms with Crippen LogP contribution in [0.4, 0.5) is 16.2 Å². The van der Waals surface area contributed by atoms with Crippen molar-refractivity contribution in [1.29, 1.82) is 0 Å². The van der Waals surface area contributed by atoms with Crippen LogP contribution in [0.5, 0.6) is 5.75 Å².